The maximum absolute atomic E-state index is 12.5. The Morgan fingerprint density at radius 3 is 2.58 bits per heavy atom. The van der Waals surface area contributed by atoms with Crippen molar-refractivity contribution in [2.45, 2.75) is 26.7 Å². The summed E-state index contributed by atoms with van der Waals surface area (Å²) in [6.45, 7) is 6.43. The van der Waals surface area contributed by atoms with E-state index in [0.29, 0.717) is 41.9 Å². The van der Waals surface area contributed by atoms with Crippen molar-refractivity contribution in [1.29, 1.82) is 0 Å². The fourth-order valence-corrected chi connectivity index (χ4v) is 3.23. The molecule has 1 saturated heterocycles. The van der Waals surface area contributed by atoms with Gasteiger partial charge in [0.05, 0.1) is 16.0 Å². The molecule has 0 saturated carbocycles. The van der Waals surface area contributed by atoms with Gasteiger partial charge in [-0.05, 0) is 44.9 Å². The lowest BCUT2D eigenvalue weighted by Gasteiger charge is -2.34. The van der Waals surface area contributed by atoms with Crippen molar-refractivity contribution in [2.24, 2.45) is 5.92 Å². The summed E-state index contributed by atoms with van der Waals surface area (Å²) in [5.41, 5.74) is 0.589. The van der Waals surface area contributed by atoms with Crippen LogP contribution in [0.1, 0.15) is 26.7 Å². The maximum Gasteiger partial charge on any atom is 0.321 e. The molecule has 132 valence electrons. The molecule has 0 radical (unpaired) electrons. The number of nitrogens with zero attached hydrogens (tertiary/aromatic N) is 2. The summed E-state index contributed by atoms with van der Waals surface area (Å²) in [6.07, 6.45) is 1.65. The smallest absolute Gasteiger partial charge is 0.321 e. The Balaban J connectivity index is 1.99. The number of piperidine rings is 1. The number of hydrogen-bond donors (Lipinski definition) is 1. The number of benzene rings is 1. The first kappa shape index (κ1) is 18.9. The summed E-state index contributed by atoms with van der Waals surface area (Å²) in [4.78, 5) is 28.5. The van der Waals surface area contributed by atoms with Gasteiger partial charge in [0, 0.05) is 31.9 Å². The Kier molecular flexibility index (Phi) is 6.75. The third-order valence-electron chi connectivity index (χ3n) is 4.30. The Morgan fingerprint density at radius 1 is 1.25 bits per heavy atom. The molecule has 1 aliphatic rings. The molecular weight excluding hydrogens is 349 g/mol. The van der Waals surface area contributed by atoms with E-state index in [-0.39, 0.29) is 17.9 Å². The van der Waals surface area contributed by atoms with Crippen molar-refractivity contribution in [1.82, 2.24) is 9.80 Å². The van der Waals surface area contributed by atoms with Gasteiger partial charge in [-0.25, -0.2) is 4.79 Å². The minimum Gasteiger partial charge on any atom is -0.343 e. The minimum atomic E-state index is -0.217. The molecule has 1 atom stereocenters. The Morgan fingerprint density at radius 2 is 1.96 bits per heavy atom. The van der Waals surface area contributed by atoms with Crippen molar-refractivity contribution in [3.8, 4) is 0 Å². The number of halogens is 2. The summed E-state index contributed by atoms with van der Waals surface area (Å²) in [7, 11) is 0. The highest BCUT2D eigenvalue weighted by Crippen LogP contribution is 2.26. The van der Waals surface area contributed by atoms with Gasteiger partial charge in [0.1, 0.15) is 0 Å². The zero-order chi connectivity index (χ0) is 17.7. The standard InChI is InChI=1S/C17H23Cl2N3O2/c1-3-21(4-2)16(23)12-6-5-9-22(11-12)17(24)20-13-7-8-14(18)15(19)10-13/h7-8,10,12H,3-6,9,11H2,1-2H3,(H,20,24). The van der Waals surface area contributed by atoms with Gasteiger partial charge in [-0.2, -0.15) is 0 Å². The van der Waals surface area contributed by atoms with Gasteiger partial charge in [0.2, 0.25) is 5.91 Å². The number of nitrogens with one attached hydrogen (secondary N) is 1. The number of urea groups is 1. The first-order valence-electron chi connectivity index (χ1n) is 8.26. The van der Waals surface area contributed by atoms with E-state index in [2.05, 4.69) is 5.32 Å². The van der Waals surface area contributed by atoms with Gasteiger partial charge in [-0.3, -0.25) is 4.79 Å². The Labute approximate surface area is 152 Å². The van der Waals surface area contributed by atoms with Crippen LogP contribution in [0, 0.1) is 5.92 Å². The van der Waals surface area contributed by atoms with Crippen molar-refractivity contribution >= 4 is 40.8 Å². The predicted octanol–water partition coefficient (Wildman–Crippen LogP) is 4.11. The second-order valence-electron chi connectivity index (χ2n) is 5.85. The average molecular weight is 372 g/mol. The number of hydrogen-bond acceptors (Lipinski definition) is 2. The predicted molar refractivity (Wildman–Crippen MR) is 97.7 cm³/mol. The number of carbonyl (C=O) groups is 2. The Bertz CT molecular complexity index is 605. The number of amides is 3. The largest absolute Gasteiger partial charge is 0.343 e. The van der Waals surface area contributed by atoms with Gasteiger partial charge in [0.15, 0.2) is 0 Å². The van der Waals surface area contributed by atoms with Gasteiger partial charge >= 0.3 is 6.03 Å². The van der Waals surface area contributed by atoms with Crippen molar-refractivity contribution in [3.05, 3.63) is 28.2 Å². The Hall–Kier alpha value is -1.46. The van der Waals surface area contributed by atoms with Gasteiger partial charge < -0.3 is 15.1 Å². The molecule has 2 rings (SSSR count). The van der Waals surface area contributed by atoms with E-state index in [4.69, 9.17) is 23.2 Å². The maximum atomic E-state index is 12.5. The van der Waals surface area contributed by atoms with E-state index in [1.54, 1.807) is 23.1 Å². The third kappa shape index (κ3) is 4.54. The molecule has 0 aromatic heterocycles. The fraction of sp³-hybridized carbons (Fsp3) is 0.529. The van der Waals surface area contributed by atoms with Crippen molar-refractivity contribution in [3.63, 3.8) is 0 Å². The lowest BCUT2D eigenvalue weighted by atomic mass is 9.96. The highest BCUT2D eigenvalue weighted by Gasteiger charge is 2.30. The van der Waals surface area contributed by atoms with Gasteiger partial charge in [-0.15, -0.1) is 0 Å². The van der Waals surface area contributed by atoms with Crippen molar-refractivity contribution in [2.75, 3.05) is 31.5 Å². The van der Waals surface area contributed by atoms with Gasteiger partial charge in [0.25, 0.3) is 0 Å². The van der Waals surface area contributed by atoms with Crippen LogP contribution in [-0.2, 0) is 4.79 Å². The summed E-state index contributed by atoms with van der Waals surface area (Å²) >= 11 is 11.8. The minimum absolute atomic E-state index is 0.127. The molecule has 0 bridgehead atoms. The van der Waals surface area contributed by atoms with Crippen LogP contribution in [0.5, 0.6) is 0 Å². The van der Waals surface area contributed by atoms with Crippen LogP contribution >= 0.6 is 23.2 Å². The van der Waals surface area contributed by atoms with E-state index < -0.39 is 0 Å². The first-order chi connectivity index (χ1) is 11.5. The van der Waals surface area contributed by atoms with Crippen LogP contribution in [0.2, 0.25) is 10.0 Å². The molecular formula is C17H23Cl2N3O2. The molecule has 1 aliphatic heterocycles. The molecule has 3 amide bonds. The molecule has 24 heavy (non-hydrogen) atoms. The number of anilines is 1. The molecule has 1 heterocycles. The highest BCUT2D eigenvalue weighted by atomic mass is 35.5. The van der Waals surface area contributed by atoms with Crippen LogP contribution < -0.4 is 5.32 Å². The SMILES string of the molecule is CCN(CC)C(=O)C1CCCN(C(=O)Nc2ccc(Cl)c(Cl)c2)C1. The molecule has 0 aliphatic carbocycles. The molecule has 1 unspecified atom stereocenters. The number of rotatable bonds is 4. The van der Waals surface area contributed by atoms with Crippen LogP contribution in [-0.4, -0.2) is 47.9 Å². The molecule has 1 N–H and O–H groups in total. The third-order valence-corrected chi connectivity index (χ3v) is 5.04. The topological polar surface area (TPSA) is 52.7 Å². The molecule has 1 aromatic carbocycles. The number of carbonyl (C=O) groups excluding carboxylic acids is 2. The molecule has 1 aromatic rings. The molecule has 7 heteroatoms. The molecule has 5 nitrogen and oxygen atoms in total. The van der Waals surface area contributed by atoms with E-state index in [1.165, 1.54) is 0 Å². The molecule has 1 fully saturated rings. The van der Waals surface area contributed by atoms with E-state index >= 15 is 0 Å². The van der Waals surface area contributed by atoms with Crippen LogP contribution in [0.4, 0.5) is 10.5 Å². The van der Waals surface area contributed by atoms with E-state index in [1.807, 2.05) is 18.7 Å². The fourth-order valence-electron chi connectivity index (χ4n) is 2.93. The number of likely N-dealkylation sites (tertiary alicyclic amines) is 1. The lowest BCUT2D eigenvalue weighted by molar-refractivity contribution is -0.136. The summed E-state index contributed by atoms with van der Waals surface area (Å²) in [5.74, 6) is 0.00485. The van der Waals surface area contributed by atoms with Crippen LogP contribution in [0.3, 0.4) is 0 Å². The quantitative estimate of drug-likeness (QED) is 0.865. The molecule has 0 spiro atoms. The summed E-state index contributed by atoms with van der Waals surface area (Å²) in [6, 6.07) is 4.74. The zero-order valence-corrected chi connectivity index (χ0v) is 15.5. The van der Waals surface area contributed by atoms with Crippen LogP contribution in [0.15, 0.2) is 18.2 Å². The average Bonchev–Trinajstić information content (AvgIpc) is 2.59. The second-order valence-corrected chi connectivity index (χ2v) is 6.67. The monoisotopic (exact) mass is 371 g/mol. The van der Waals surface area contributed by atoms with Crippen LogP contribution in [0.25, 0.3) is 0 Å². The second kappa shape index (κ2) is 8.58. The normalized spacial score (nSPS) is 17.5. The highest BCUT2D eigenvalue weighted by molar-refractivity contribution is 6.42. The van der Waals surface area contributed by atoms with Gasteiger partial charge in [-0.1, -0.05) is 23.2 Å². The van der Waals surface area contributed by atoms with E-state index in [9.17, 15) is 9.59 Å². The summed E-state index contributed by atoms with van der Waals surface area (Å²) in [5, 5.41) is 3.65. The van der Waals surface area contributed by atoms with E-state index in [0.717, 1.165) is 12.8 Å². The summed E-state index contributed by atoms with van der Waals surface area (Å²) < 4.78 is 0. The lowest BCUT2D eigenvalue weighted by Crippen LogP contribution is -2.47. The first-order valence-corrected chi connectivity index (χ1v) is 9.01. The van der Waals surface area contributed by atoms with Crippen molar-refractivity contribution < 1.29 is 9.59 Å². The zero-order valence-electron chi connectivity index (χ0n) is 14.0.